The average Bonchev–Trinajstić information content (AvgIpc) is 3.08. The van der Waals surface area contributed by atoms with Crippen LogP contribution in [0.25, 0.3) is 6.08 Å². The van der Waals surface area contributed by atoms with Crippen molar-refractivity contribution in [2.75, 3.05) is 11.9 Å². The van der Waals surface area contributed by atoms with Crippen molar-refractivity contribution < 1.29 is 23.5 Å². The van der Waals surface area contributed by atoms with E-state index in [0.29, 0.717) is 27.0 Å². The third-order valence-electron chi connectivity index (χ3n) is 5.18. The molecular weight excluding hydrogens is 517 g/mol. The zero-order chi connectivity index (χ0) is 24.9. The summed E-state index contributed by atoms with van der Waals surface area (Å²) in [4.78, 5) is 38.2. The van der Waals surface area contributed by atoms with Crippen molar-refractivity contribution in [2.24, 2.45) is 0 Å². The second kappa shape index (κ2) is 10.5. The van der Waals surface area contributed by atoms with Crippen LogP contribution >= 0.6 is 15.9 Å². The van der Waals surface area contributed by atoms with Gasteiger partial charge in [0.1, 0.15) is 17.3 Å². The molecule has 178 valence electrons. The number of nitrogens with zero attached hydrogens (tertiary/aromatic N) is 1. The minimum atomic E-state index is -0.552. The Hall–Kier alpha value is -3.98. The topological polar surface area (TPSA) is 87.7 Å². The summed E-state index contributed by atoms with van der Waals surface area (Å²) in [6, 6.07) is 17.6. The molecule has 0 aliphatic carbocycles. The van der Waals surface area contributed by atoms with Gasteiger partial charge in [0.2, 0.25) is 0 Å². The minimum Gasteiger partial charge on any atom is -0.483 e. The van der Waals surface area contributed by atoms with Crippen molar-refractivity contribution >= 4 is 45.5 Å². The number of carbonyl (C=O) groups is 3. The molecule has 0 saturated carbocycles. The second-order valence-electron chi connectivity index (χ2n) is 7.90. The van der Waals surface area contributed by atoms with Crippen molar-refractivity contribution in [3.8, 4) is 5.75 Å². The number of halogens is 2. The average molecular weight is 538 g/mol. The van der Waals surface area contributed by atoms with E-state index in [0.717, 1.165) is 10.5 Å². The fraction of sp³-hybridized carbons (Fsp3) is 0.115. The molecule has 3 aromatic carbocycles. The van der Waals surface area contributed by atoms with Crippen molar-refractivity contribution in [1.82, 2.24) is 10.2 Å². The number of nitrogens with one attached hydrogen (secondary N) is 2. The molecule has 0 aromatic heterocycles. The van der Waals surface area contributed by atoms with Gasteiger partial charge >= 0.3 is 6.03 Å². The Morgan fingerprint density at radius 1 is 1.09 bits per heavy atom. The highest BCUT2D eigenvalue weighted by Crippen LogP contribution is 2.27. The maximum Gasteiger partial charge on any atom is 0.329 e. The summed E-state index contributed by atoms with van der Waals surface area (Å²) in [5.41, 5.74) is 3.17. The monoisotopic (exact) mass is 537 g/mol. The van der Waals surface area contributed by atoms with Crippen LogP contribution in [0.5, 0.6) is 5.75 Å². The van der Waals surface area contributed by atoms with Crippen molar-refractivity contribution in [1.29, 1.82) is 0 Å². The number of ether oxygens (including phenoxy) is 1. The lowest BCUT2D eigenvalue weighted by atomic mass is 10.1. The second-order valence-corrected chi connectivity index (χ2v) is 8.75. The molecule has 0 bridgehead atoms. The van der Waals surface area contributed by atoms with Gasteiger partial charge < -0.3 is 15.4 Å². The fourth-order valence-electron chi connectivity index (χ4n) is 3.36. The van der Waals surface area contributed by atoms with E-state index in [1.54, 1.807) is 24.3 Å². The minimum absolute atomic E-state index is 0.0312. The van der Waals surface area contributed by atoms with Crippen molar-refractivity contribution in [3.63, 3.8) is 0 Å². The standard InChI is InChI=1S/C26H21BrFN3O4/c1-16-2-9-20(10-3-16)29-24(32)15-35-23-11-6-18(12-21(23)27)13-22-25(33)31(26(34)30-22)14-17-4-7-19(28)8-5-17/h2-13H,14-15H2,1H3,(H,29,32)(H,30,34)/b22-13+. The van der Waals surface area contributed by atoms with Gasteiger partial charge in [-0.1, -0.05) is 35.9 Å². The number of amides is 4. The lowest BCUT2D eigenvalue weighted by Gasteiger charge is -2.11. The molecule has 1 aliphatic heterocycles. The summed E-state index contributed by atoms with van der Waals surface area (Å²) in [7, 11) is 0. The number of imide groups is 1. The fourth-order valence-corrected chi connectivity index (χ4v) is 3.87. The Kier molecular flexibility index (Phi) is 7.26. The van der Waals surface area contributed by atoms with Gasteiger partial charge in [-0.3, -0.25) is 14.5 Å². The number of carbonyl (C=O) groups excluding carboxylic acids is 3. The number of rotatable bonds is 7. The molecule has 4 amide bonds. The maximum absolute atomic E-state index is 13.1. The van der Waals surface area contributed by atoms with E-state index < -0.39 is 17.8 Å². The van der Waals surface area contributed by atoms with Crippen molar-refractivity contribution in [2.45, 2.75) is 13.5 Å². The first-order valence-corrected chi connectivity index (χ1v) is 11.5. The molecule has 3 aromatic rings. The molecule has 1 fully saturated rings. The molecular formula is C26H21BrFN3O4. The highest BCUT2D eigenvalue weighted by Gasteiger charge is 2.33. The van der Waals surface area contributed by atoms with Gasteiger partial charge in [-0.05, 0) is 76.5 Å². The highest BCUT2D eigenvalue weighted by atomic mass is 79.9. The summed E-state index contributed by atoms with van der Waals surface area (Å²) in [5.74, 6) is -0.724. The normalized spacial score (nSPS) is 14.3. The van der Waals surface area contributed by atoms with Gasteiger partial charge in [0.25, 0.3) is 11.8 Å². The first kappa shape index (κ1) is 24.2. The third-order valence-corrected chi connectivity index (χ3v) is 5.80. The summed E-state index contributed by atoms with van der Waals surface area (Å²) in [6.45, 7) is 1.82. The number of benzene rings is 3. The maximum atomic E-state index is 13.1. The molecule has 1 heterocycles. The first-order chi connectivity index (χ1) is 16.8. The highest BCUT2D eigenvalue weighted by molar-refractivity contribution is 9.10. The number of hydrogen-bond donors (Lipinski definition) is 2. The van der Waals surface area contributed by atoms with Crippen LogP contribution in [-0.2, 0) is 16.1 Å². The van der Waals surface area contributed by atoms with E-state index in [1.165, 1.54) is 24.3 Å². The predicted molar refractivity (Wildman–Crippen MR) is 133 cm³/mol. The Balaban J connectivity index is 1.37. The van der Waals surface area contributed by atoms with Gasteiger partial charge in [-0.25, -0.2) is 9.18 Å². The third kappa shape index (κ3) is 6.13. The van der Waals surface area contributed by atoms with Crippen LogP contribution in [0.15, 0.2) is 76.9 Å². The summed E-state index contributed by atoms with van der Waals surface area (Å²) >= 11 is 3.41. The van der Waals surface area contributed by atoms with Gasteiger partial charge in [-0.15, -0.1) is 0 Å². The number of hydrogen-bond acceptors (Lipinski definition) is 4. The molecule has 2 N–H and O–H groups in total. The first-order valence-electron chi connectivity index (χ1n) is 10.7. The van der Waals surface area contributed by atoms with Gasteiger partial charge in [-0.2, -0.15) is 0 Å². The Bertz CT molecular complexity index is 1310. The molecule has 9 heteroatoms. The van der Waals surface area contributed by atoms with Crippen LogP contribution in [0, 0.1) is 12.7 Å². The molecule has 1 aliphatic rings. The van der Waals surface area contributed by atoms with Crippen LogP contribution in [0.4, 0.5) is 14.9 Å². The Labute approximate surface area is 209 Å². The van der Waals surface area contributed by atoms with E-state index in [4.69, 9.17) is 4.74 Å². The van der Waals surface area contributed by atoms with Crippen LogP contribution in [0.3, 0.4) is 0 Å². The zero-order valence-corrected chi connectivity index (χ0v) is 20.3. The SMILES string of the molecule is Cc1ccc(NC(=O)COc2ccc(/C=C3/NC(=O)N(Cc4ccc(F)cc4)C3=O)cc2Br)cc1. The zero-order valence-electron chi connectivity index (χ0n) is 18.7. The molecule has 0 spiro atoms. The van der Waals surface area contributed by atoms with Gasteiger partial charge in [0, 0.05) is 5.69 Å². The van der Waals surface area contributed by atoms with Crippen LogP contribution in [0.1, 0.15) is 16.7 Å². The predicted octanol–water partition coefficient (Wildman–Crippen LogP) is 5.01. The number of anilines is 1. The summed E-state index contributed by atoms with van der Waals surface area (Å²) in [6.07, 6.45) is 1.55. The van der Waals surface area contributed by atoms with Gasteiger partial charge in [0.15, 0.2) is 6.61 Å². The lowest BCUT2D eigenvalue weighted by Crippen LogP contribution is -2.30. The summed E-state index contributed by atoms with van der Waals surface area (Å²) in [5, 5.41) is 5.32. The molecule has 0 unspecified atom stereocenters. The van der Waals surface area contributed by atoms with Crippen LogP contribution in [-0.4, -0.2) is 29.4 Å². The van der Waals surface area contributed by atoms with Crippen LogP contribution in [0.2, 0.25) is 0 Å². The van der Waals surface area contributed by atoms with Gasteiger partial charge in [0.05, 0.1) is 11.0 Å². The lowest BCUT2D eigenvalue weighted by molar-refractivity contribution is -0.123. The van der Waals surface area contributed by atoms with Crippen LogP contribution < -0.4 is 15.4 Å². The summed E-state index contributed by atoms with van der Waals surface area (Å²) < 4.78 is 19.3. The molecule has 7 nitrogen and oxygen atoms in total. The Morgan fingerprint density at radius 3 is 2.49 bits per heavy atom. The van der Waals surface area contributed by atoms with Crippen molar-refractivity contribution in [3.05, 3.63) is 99.4 Å². The molecule has 0 atom stereocenters. The number of aryl methyl sites for hydroxylation is 1. The Morgan fingerprint density at radius 2 is 1.80 bits per heavy atom. The molecule has 1 saturated heterocycles. The van der Waals surface area contributed by atoms with E-state index >= 15 is 0 Å². The van der Waals surface area contributed by atoms with E-state index in [2.05, 4.69) is 26.6 Å². The number of urea groups is 1. The molecule has 4 rings (SSSR count). The molecule has 0 radical (unpaired) electrons. The van der Waals surface area contributed by atoms with E-state index in [9.17, 15) is 18.8 Å². The largest absolute Gasteiger partial charge is 0.483 e. The van der Waals surface area contributed by atoms with E-state index in [-0.39, 0.29) is 24.8 Å². The molecule has 35 heavy (non-hydrogen) atoms. The quantitative estimate of drug-likeness (QED) is 0.327. The van der Waals surface area contributed by atoms with E-state index in [1.807, 2.05) is 31.2 Å². The smallest absolute Gasteiger partial charge is 0.329 e.